The molecule has 1 aliphatic heterocycles. The maximum absolute atomic E-state index is 9.70. The first-order valence-electron chi connectivity index (χ1n) is 5.42. The standard InChI is InChI=1S/C10H20O4S/c1-2-3-4-6-10(15)9(13)8(12)7(5-11)14-6/h6-13,15H,2-5H2,1H3. The van der Waals surface area contributed by atoms with Gasteiger partial charge < -0.3 is 20.1 Å². The summed E-state index contributed by atoms with van der Waals surface area (Å²) in [6.45, 7) is 1.80. The van der Waals surface area contributed by atoms with Gasteiger partial charge in [0.15, 0.2) is 0 Å². The van der Waals surface area contributed by atoms with Gasteiger partial charge >= 0.3 is 0 Å². The Morgan fingerprint density at radius 1 is 1.20 bits per heavy atom. The van der Waals surface area contributed by atoms with E-state index in [4.69, 9.17) is 9.84 Å². The first-order valence-corrected chi connectivity index (χ1v) is 5.94. The van der Waals surface area contributed by atoms with Crippen LogP contribution < -0.4 is 0 Å². The molecular formula is C10H20O4S. The molecule has 0 bridgehead atoms. The second-order valence-corrected chi connectivity index (χ2v) is 4.61. The Bertz CT molecular complexity index is 188. The van der Waals surface area contributed by atoms with Crippen LogP contribution in [-0.2, 0) is 4.74 Å². The fourth-order valence-corrected chi connectivity index (χ4v) is 2.22. The van der Waals surface area contributed by atoms with Gasteiger partial charge in [0.05, 0.1) is 24.1 Å². The molecule has 0 radical (unpaired) electrons. The Hall–Kier alpha value is 0.190. The zero-order valence-electron chi connectivity index (χ0n) is 8.91. The molecule has 0 saturated carbocycles. The molecule has 1 rings (SSSR count). The quantitative estimate of drug-likeness (QED) is 0.517. The van der Waals surface area contributed by atoms with Gasteiger partial charge in [0.1, 0.15) is 12.2 Å². The first-order chi connectivity index (χ1) is 7.11. The van der Waals surface area contributed by atoms with Crippen molar-refractivity contribution in [3.8, 4) is 0 Å². The maximum atomic E-state index is 9.70. The highest BCUT2D eigenvalue weighted by Crippen LogP contribution is 2.27. The van der Waals surface area contributed by atoms with Crippen molar-refractivity contribution in [3.63, 3.8) is 0 Å². The van der Waals surface area contributed by atoms with Crippen molar-refractivity contribution < 1.29 is 20.1 Å². The van der Waals surface area contributed by atoms with Crippen molar-refractivity contribution in [2.75, 3.05) is 6.61 Å². The smallest absolute Gasteiger partial charge is 0.109 e. The van der Waals surface area contributed by atoms with Gasteiger partial charge in [-0.1, -0.05) is 19.8 Å². The molecule has 0 aliphatic carbocycles. The van der Waals surface area contributed by atoms with E-state index in [1.807, 2.05) is 0 Å². The average Bonchev–Trinajstić information content (AvgIpc) is 2.25. The lowest BCUT2D eigenvalue weighted by atomic mass is 9.95. The third-order valence-corrected chi connectivity index (χ3v) is 3.47. The molecule has 1 fully saturated rings. The number of unbranched alkanes of at least 4 members (excludes halogenated alkanes) is 1. The first kappa shape index (κ1) is 13.3. The number of thiol groups is 1. The van der Waals surface area contributed by atoms with Crippen LogP contribution in [0.1, 0.15) is 26.2 Å². The molecule has 5 atom stereocenters. The molecule has 15 heavy (non-hydrogen) atoms. The topological polar surface area (TPSA) is 69.9 Å². The largest absolute Gasteiger partial charge is 0.394 e. The van der Waals surface area contributed by atoms with E-state index >= 15 is 0 Å². The highest BCUT2D eigenvalue weighted by atomic mass is 32.1. The molecule has 1 saturated heterocycles. The van der Waals surface area contributed by atoms with Crippen LogP contribution in [-0.4, -0.2) is 51.6 Å². The van der Waals surface area contributed by atoms with Crippen molar-refractivity contribution >= 4 is 12.6 Å². The number of hydrogen-bond acceptors (Lipinski definition) is 5. The van der Waals surface area contributed by atoms with Gasteiger partial charge in [-0.15, -0.1) is 0 Å². The average molecular weight is 236 g/mol. The van der Waals surface area contributed by atoms with Gasteiger partial charge in [-0.3, -0.25) is 0 Å². The summed E-state index contributed by atoms with van der Waals surface area (Å²) in [5.74, 6) is 0. The van der Waals surface area contributed by atoms with Gasteiger partial charge in [-0.05, 0) is 6.42 Å². The van der Waals surface area contributed by atoms with Gasteiger partial charge in [0, 0.05) is 0 Å². The van der Waals surface area contributed by atoms with E-state index in [9.17, 15) is 10.2 Å². The summed E-state index contributed by atoms with van der Waals surface area (Å²) in [6, 6.07) is 0. The van der Waals surface area contributed by atoms with Crippen LogP contribution in [0, 0.1) is 0 Å². The molecule has 0 aromatic carbocycles. The molecule has 0 aromatic rings. The Balaban J connectivity index is 2.57. The Kier molecular flexibility index (Phi) is 5.35. The third kappa shape index (κ3) is 3.07. The van der Waals surface area contributed by atoms with Crippen LogP contribution in [0.15, 0.2) is 0 Å². The van der Waals surface area contributed by atoms with Crippen molar-refractivity contribution in [1.82, 2.24) is 0 Å². The van der Waals surface area contributed by atoms with E-state index in [1.165, 1.54) is 0 Å². The molecular weight excluding hydrogens is 216 g/mol. The minimum atomic E-state index is -1.05. The molecule has 4 nitrogen and oxygen atoms in total. The van der Waals surface area contributed by atoms with E-state index in [-0.39, 0.29) is 18.0 Å². The number of hydrogen-bond donors (Lipinski definition) is 4. The van der Waals surface area contributed by atoms with Crippen molar-refractivity contribution in [1.29, 1.82) is 0 Å². The Morgan fingerprint density at radius 2 is 1.87 bits per heavy atom. The minimum absolute atomic E-state index is 0.191. The maximum Gasteiger partial charge on any atom is 0.109 e. The van der Waals surface area contributed by atoms with Crippen LogP contribution in [0.2, 0.25) is 0 Å². The minimum Gasteiger partial charge on any atom is -0.394 e. The van der Waals surface area contributed by atoms with E-state index in [0.29, 0.717) is 0 Å². The summed E-state index contributed by atoms with van der Waals surface area (Å²) in [4.78, 5) is 0. The summed E-state index contributed by atoms with van der Waals surface area (Å²) in [6.07, 6.45) is -0.0262. The van der Waals surface area contributed by atoms with Gasteiger partial charge in [-0.25, -0.2) is 0 Å². The number of aliphatic hydroxyl groups is 3. The van der Waals surface area contributed by atoms with Crippen molar-refractivity contribution in [2.24, 2.45) is 0 Å². The highest BCUT2D eigenvalue weighted by molar-refractivity contribution is 7.81. The molecule has 0 amide bonds. The second-order valence-electron chi connectivity index (χ2n) is 4.01. The summed E-state index contributed by atoms with van der Waals surface area (Å²) in [7, 11) is 0. The van der Waals surface area contributed by atoms with Crippen LogP contribution in [0.4, 0.5) is 0 Å². The predicted molar refractivity (Wildman–Crippen MR) is 60.1 cm³/mol. The summed E-state index contributed by atoms with van der Waals surface area (Å²) >= 11 is 4.25. The molecule has 5 unspecified atom stereocenters. The lowest BCUT2D eigenvalue weighted by Gasteiger charge is -2.40. The Labute approximate surface area is 95.7 Å². The fraction of sp³-hybridized carbons (Fsp3) is 1.00. The second kappa shape index (κ2) is 6.06. The zero-order valence-corrected chi connectivity index (χ0v) is 9.81. The number of ether oxygens (including phenoxy) is 1. The van der Waals surface area contributed by atoms with Gasteiger partial charge in [0.2, 0.25) is 0 Å². The highest BCUT2D eigenvalue weighted by Gasteiger charge is 2.41. The molecule has 1 heterocycles. The third-order valence-electron chi connectivity index (χ3n) is 2.83. The van der Waals surface area contributed by atoms with Crippen LogP contribution in [0.5, 0.6) is 0 Å². The number of rotatable bonds is 4. The molecule has 5 heteroatoms. The van der Waals surface area contributed by atoms with Crippen molar-refractivity contribution in [3.05, 3.63) is 0 Å². The lowest BCUT2D eigenvalue weighted by Crippen LogP contribution is -2.56. The van der Waals surface area contributed by atoms with E-state index in [1.54, 1.807) is 0 Å². The van der Waals surface area contributed by atoms with Crippen LogP contribution >= 0.6 is 12.6 Å². The number of aliphatic hydroxyl groups excluding tert-OH is 3. The predicted octanol–water partition coefficient (Wildman–Crippen LogP) is -0.0435. The monoisotopic (exact) mass is 236 g/mol. The normalized spacial score (nSPS) is 41.8. The van der Waals surface area contributed by atoms with Gasteiger partial charge in [0.25, 0.3) is 0 Å². The molecule has 1 aliphatic rings. The summed E-state index contributed by atoms with van der Waals surface area (Å²) in [5, 5.41) is 27.9. The SMILES string of the molecule is CCCCC1OC(CO)C(O)C(O)C1S. The molecule has 3 N–H and O–H groups in total. The van der Waals surface area contributed by atoms with Crippen LogP contribution in [0.3, 0.4) is 0 Å². The zero-order chi connectivity index (χ0) is 11.4. The summed E-state index contributed by atoms with van der Waals surface area (Å²) in [5.41, 5.74) is 0. The molecule has 90 valence electrons. The van der Waals surface area contributed by atoms with Gasteiger partial charge in [-0.2, -0.15) is 12.6 Å². The van der Waals surface area contributed by atoms with E-state index in [0.717, 1.165) is 19.3 Å². The van der Waals surface area contributed by atoms with Crippen LogP contribution in [0.25, 0.3) is 0 Å². The molecule has 0 spiro atoms. The molecule has 0 aromatic heterocycles. The van der Waals surface area contributed by atoms with E-state index in [2.05, 4.69) is 19.6 Å². The Morgan fingerprint density at radius 3 is 2.40 bits per heavy atom. The lowest BCUT2D eigenvalue weighted by molar-refractivity contribution is -0.176. The summed E-state index contributed by atoms with van der Waals surface area (Å²) < 4.78 is 5.50. The fourth-order valence-electron chi connectivity index (χ4n) is 1.82. The van der Waals surface area contributed by atoms with E-state index < -0.39 is 18.3 Å². The van der Waals surface area contributed by atoms with Crippen molar-refractivity contribution in [2.45, 2.75) is 55.9 Å².